The summed E-state index contributed by atoms with van der Waals surface area (Å²) in [6.45, 7) is 9.07. The van der Waals surface area contributed by atoms with Gasteiger partial charge in [0.1, 0.15) is 0 Å². The van der Waals surface area contributed by atoms with E-state index >= 15 is 0 Å². The molecule has 1 unspecified atom stereocenters. The van der Waals surface area contributed by atoms with Gasteiger partial charge >= 0.3 is 0 Å². The maximum absolute atomic E-state index is 10.0. The Morgan fingerprint density at radius 1 is 1.25 bits per heavy atom. The van der Waals surface area contributed by atoms with Crippen LogP contribution in [-0.2, 0) is 17.7 Å². The molecule has 114 valence electrons. The van der Waals surface area contributed by atoms with Gasteiger partial charge in [0, 0.05) is 19.6 Å². The Hall–Kier alpha value is -0.610. The van der Waals surface area contributed by atoms with Gasteiger partial charge in [0.15, 0.2) is 0 Å². The van der Waals surface area contributed by atoms with E-state index < -0.39 is 6.10 Å². The van der Waals surface area contributed by atoms with E-state index in [0.717, 1.165) is 19.5 Å². The van der Waals surface area contributed by atoms with E-state index in [4.69, 9.17) is 4.74 Å². The van der Waals surface area contributed by atoms with Crippen LogP contribution in [0, 0.1) is 0 Å². The zero-order chi connectivity index (χ0) is 13.9. The molecule has 0 aliphatic carbocycles. The van der Waals surface area contributed by atoms with Crippen molar-refractivity contribution < 1.29 is 9.84 Å². The van der Waals surface area contributed by atoms with Gasteiger partial charge < -0.3 is 9.84 Å². The van der Waals surface area contributed by atoms with Crippen molar-refractivity contribution in [3.63, 3.8) is 0 Å². The predicted octanol–water partition coefficient (Wildman–Crippen LogP) is 2.64. The largest absolute Gasteiger partial charge is 0.389 e. The molecule has 1 aromatic carbocycles. The first-order chi connectivity index (χ1) is 8.94. The molecule has 1 aliphatic rings. The van der Waals surface area contributed by atoms with Crippen molar-refractivity contribution >= 4 is 12.4 Å². The summed E-state index contributed by atoms with van der Waals surface area (Å²) in [4.78, 5) is 2.30. The van der Waals surface area contributed by atoms with Crippen molar-refractivity contribution in [3.05, 3.63) is 35.4 Å². The standard InChI is InChI=1S/C16H25NO2.ClH/c1-16(2,3)19-12-15(18)11-17-9-8-13-6-4-5-7-14(13)10-17;/h4-7,15,18H,8-12H2,1-3H3;1H. The Balaban J connectivity index is 0.00000200. The Labute approximate surface area is 128 Å². The monoisotopic (exact) mass is 299 g/mol. The third-order valence-electron chi connectivity index (χ3n) is 3.39. The number of β-amino-alcohol motifs (C(OH)–C–C–N with tert-alkyl or cyclic N) is 1. The number of ether oxygens (including phenoxy) is 1. The molecular weight excluding hydrogens is 274 g/mol. The SMILES string of the molecule is CC(C)(C)OCC(O)CN1CCc2ccccc2C1.Cl. The van der Waals surface area contributed by atoms with Gasteiger partial charge in [-0.25, -0.2) is 0 Å². The Kier molecular flexibility index (Phi) is 6.46. The van der Waals surface area contributed by atoms with Crippen LogP contribution < -0.4 is 0 Å². The highest BCUT2D eigenvalue weighted by Gasteiger charge is 2.20. The first-order valence-corrected chi connectivity index (χ1v) is 7.05. The van der Waals surface area contributed by atoms with Crippen LogP contribution in [0.25, 0.3) is 0 Å². The summed E-state index contributed by atoms with van der Waals surface area (Å²) in [7, 11) is 0. The molecule has 1 aromatic rings. The molecule has 4 heteroatoms. The van der Waals surface area contributed by atoms with Gasteiger partial charge in [-0.1, -0.05) is 24.3 Å². The average molecular weight is 300 g/mol. The van der Waals surface area contributed by atoms with Crippen LogP contribution in [-0.4, -0.2) is 41.4 Å². The number of hydrogen-bond acceptors (Lipinski definition) is 3. The summed E-state index contributed by atoms with van der Waals surface area (Å²) < 4.78 is 5.63. The molecule has 20 heavy (non-hydrogen) atoms. The van der Waals surface area contributed by atoms with E-state index in [1.165, 1.54) is 11.1 Å². The highest BCUT2D eigenvalue weighted by Crippen LogP contribution is 2.18. The van der Waals surface area contributed by atoms with Crippen molar-refractivity contribution in [2.75, 3.05) is 19.7 Å². The second-order valence-electron chi connectivity index (χ2n) is 6.33. The summed E-state index contributed by atoms with van der Waals surface area (Å²) in [6, 6.07) is 8.56. The lowest BCUT2D eigenvalue weighted by molar-refractivity contribution is -0.0569. The lowest BCUT2D eigenvalue weighted by Crippen LogP contribution is -2.39. The highest BCUT2D eigenvalue weighted by atomic mass is 35.5. The summed E-state index contributed by atoms with van der Waals surface area (Å²) >= 11 is 0. The topological polar surface area (TPSA) is 32.7 Å². The molecule has 0 bridgehead atoms. The molecule has 1 N–H and O–H groups in total. The Bertz CT molecular complexity index is 417. The zero-order valence-corrected chi connectivity index (χ0v) is 13.4. The molecule has 0 aromatic heterocycles. The highest BCUT2D eigenvalue weighted by molar-refractivity contribution is 5.85. The molecule has 1 atom stereocenters. The van der Waals surface area contributed by atoms with Crippen molar-refractivity contribution in [3.8, 4) is 0 Å². The molecule has 0 saturated heterocycles. The second kappa shape index (κ2) is 7.41. The summed E-state index contributed by atoms with van der Waals surface area (Å²) in [5.74, 6) is 0. The maximum atomic E-state index is 10.0. The lowest BCUT2D eigenvalue weighted by Gasteiger charge is -2.31. The molecule has 0 saturated carbocycles. The van der Waals surface area contributed by atoms with Crippen molar-refractivity contribution in [1.29, 1.82) is 0 Å². The molecule has 0 radical (unpaired) electrons. The zero-order valence-electron chi connectivity index (χ0n) is 12.6. The third kappa shape index (κ3) is 5.41. The van der Waals surface area contributed by atoms with E-state index in [-0.39, 0.29) is 18.0 Å². The van der Waals surface area contributed by atoms with E-state index in [0.29, 0.717) is 13.2 Å². The number of rotatable bonds is 4. The second-order valence-corrected chi connectivity index (χ2v) is 6.33. The van der Waals surface area contributed by atoms with E-state index in [9.17, 15) is 5.11 Å². The van der Waals surface area contributed by atoms with Gasteiger partial charge in [0.05, 0.1) is 18.3 Å². The fourth-order valence-electron chi connectivity index (χ4n) is 2.41. The van der Waals surface area contributed by atoms with Crippen LogP contribution in [0.5, 0.6) is 0 Å². The van der Waals surface area contributed by atoms with Crippen LogP contribution in [0.2, 0.25) is 0 Å². The van der Waals surface area contributed by atoms with E-state index in [2.05, 4.69) is 29.2 Å². The minimum Gasteiger partial charge on any atom is -0.389 e. The Morgan fingerprint density at radius 2 is 1.90 bits per heavy atom. The fraction of sp³-hybridized carbons (Fsp3) is 0.625. The molecule has 0 fully saturated rings. The normalized spacial score (nSPS) is 17.2. The predicted molar refractivity (Wildman–Crippen MR) is 84.4 cm³/mol. The van der Waals surface area contributed by atoms with Gasteiger partial charge in [0.2, 0.25) is 0 Å². The van der Waals surface area contributed by atoms with Crippen molar-refractivity contribution in [1.82, 2.24) is 4.90 Å². The minimum atomic E-state index is -0.413. The maximum Gasteiger partial charge on any atom is 0.0900 e. The Morgan fingerprint density at radius 3 is 2.55 bits per heavy atom. The number of aliphatic hydroxyl groups is 1. The summed E-state index contributed by atoms with van der Waals surface area (Å²) in [5.41, 5.74) is 2.65. The first kappa shape index (κ1) is 17.4. The van der Waals surface area contributed by atoms with Crippen LogP contribution in [0.4, 0.5) is 0 Å². The molecule has 1 heterocycles. The van der Waals surface area contributed by atoms with Crippen LogP contribution in [0.3, 0.4) is 0 Å². The third-order valence-corrected chi connectivity index (χ3v) is 3.39. The van der Waals surface area contributed by atoms with Gasteiger partial charge in [-0.2, -0.15) is 0 Å². The molecule has 0 spiro atoms. The minimum absolute atomic E-state index is 0. The number of nitrogens with zero attached hydrogens (tertiary/aromatic N) is 1. The number of fused-ring (bicyclic) bond motifs is 1. The fourth-order valence-corrected chi connectivity index (χ4v) is 2.41. The van der Waals surface area contributed by atoms with Crippen LogP contribution in [0.15, 0.2) is 24.3 Å². The molecular formula is C16H26ClNO2. The van der Waals surface area contributed by atoms with Gasteiger partial charge in [-0.15, -0.1) is 12.4 Å². The number of aliphatic hydroxyl groups excluding tert-OH is 1. The number of hydrogen-bond donors (Lipinski definition) is 1. The summed E-state index contributed by atoms with van der Waals surface area (Å²) in [6.07, 6.45) is 0.660. The van der Waals surface area contributed by atoms with Gasteiger partial charge in [-0.3, -0.25) is 4.90 Å². The smallest absolute Gasteiger partial charge is 0.0900 e. The number of halogens is 1. The van der Waals surface area contributed by atoms with E-state index in [1.54, 1.807) is 0 Å². The number of benzene rings is 1. The lowest BCUT2D eigenvalue weighted by atomic mass is 10.00. The van der Waals surface area contributed by atoms with Gasteiger partial charge in [-0.05, 0) is 38.3 Å². The molecule has 2 rings (SSSR count). The molecule has 3 nitrogen and oxygen atoms in total. The molecule has 1 aliphatic heterocycles. The van der Waals surface area contributed by atoms with Crippen LogP contribution >= 0.6 is 12.4 Å². The van der Waals surface area contributed by atoms with E-state index in [1.807, 2.05) is 20.8 Å². The van der Waals surface area contributed by atoms with Crippen molar-refractivity contribution in [2.24, 2.45) is 0 Å². The quantitative estimate of drug-likeness (QED) is 0.928. The molecule has 0 amide bonds. The summed E-state index contributed by atoms with van der Waals surface area (Å²) in [5, 5.41) is 10.0. The first-order valence-electron chi connectivity index (χ1n) is 7.05. The van der Waals surface area contributed by atoms with Crippen LogP contribution in [0.1, 0.15) is 31.9 Å². The van der Waals surface area contributed by atoms with Gasteiger partial charge in [0.25, 0.3) is 0 Å². The van der Waals surface area contributed by atoms with Crippen molar-refractivity contribution in [2.45, 2.75) is 45.4 Å². The average Bonchev–Trinajstić information content (AvgIpc) is 2.35.